The van der Waals surface area contributed by atoms with Gasteiger partial charge in [0.25, 0.3) is 5.91 Å². The summed E-state index contributed by atoms with van der Waals surface area (Å²) in [6.45, 7) is 1.33. The summed E-state index contributed by atoms with van der Waals surface area (Å²) in [7, 11) is 1.12. The molecule has 7 nitrogen and oxygen atoms in total. The largest absolute Gasteiger partial charge is 0.453 e. The number of alkyl carbamates (subject to hydrolysis) is 1. The molecule has 0 fully saturated rings. The van der Waals surface area contributed by atoms with Gasteiger partial charge in [0.2, 0.25) is 5.76 Å². The van der Waals surface area contributed by atoms with Gasteiger partial charge in [-0.15, -0.1) is 0 Å². The molecule has 0 aliphatic carbocycles. The first-order valence-corrected chi connectivity index (χ1v) is 6.09. The van der Waals surface area contributed by atoms with Crippen molar-refractivity contribution >= 4 is 28.9 Å². The number of ether oxygens (including phenoxy) is 2. The molecule has 7 heteroatoms. The van der Waals surface area contributed by atoms with Crippen molar-refractivity contribution in [1.82, 2.24) is 5.32 Å². The summed E-state index contributed by atoms with van der Waals surface area (Å²) < 4.78 is 14.5. The van der Waals surface area contributed by atoms with Crippen molar-refractivity contribution in [3.8, 4) is 0 Å². The zero-order valence-corrected chi connectivity index (χ0v) is 11.4. The number of carbonyl (C=O) groups is 3. The zero-order chi connectivity index (χ0) is 15.4. The van der Waals surface area contributed by atoms with Crippen molar-refractivity contribution in [3.05, 3.63) is 36.1 Å². The molecule has 2 rings (SSSR count). The van der Waals surface area contributed by atoms with Crippen LogP contribution in [0.4, 0.5) is 4.79 Å². The van der Waals surface area contributed by atoms with E-state index in [1.165, 1.54) is 13.0 Å². The molecule has 0 radical (unpaired) electrons. The van der Waals surface area contributed by atoms with Gasteiger partial charge in [-0.05, 0) is 19.1 Å². The predicted molar refractivity (Wildman–Crippen MR) is 71.6 cm³/mol. The number of amides is 2. The lowest BCUT2D eigenvalue weighted by molar-refractivity contribution is -0.128. The van der Waals surface area contributed by atoms with E-state index in [1.54, 1.807) is 24.3 Å². The Labute approximate surface area is 119 Å². The van der Waals surface area contributed by atoms with Crippen LogP contribution in [0, 0.1) is 0 Å². The number of rotatable bonds is 3. The molecule has 0 spiro atoms. The summed E-state index contributed by atoms with van der Waals surface area (Å²) in [5, 5.41) is 2.65. The van der Waals surface area contributed by atoms with Crippen molar-refractivity contribution in [2.45, 2.75) is 13.0 Å². The standard InChI is InChI=1S/C14H13NO6/c1-8(12(16)15-14(18)19-2)20-13(17)11-7-9-5-3-4-6-10(9)21-11/h3-8H,1-2H3,(H,15,16,18)/t8-/m1/s1. The Hall–Kier alpha value is -2.83. The number of esters is 1. The minimum Gasteiger partial charge on any atom is -0.453 e. The molecule has 1 aromatic heterocycles. The highest BCUT2D eigenvalue weighted by Gasteiger charge is 2.23. The average molecular weight is 291 g/mol. The summed E-state index contributed by atoms with van der Waals surface area (Å²) >= 11 is 0. The van der Waals surface area contributed by atoms with E-state index in [9.17, 15) is 14.4 Å². The lowest BCUT2D eigenvalue weighted by atomic mass is 10.2. The van der Waals surface area contributed by atoms with Crippen molar-refractivity contribution in [1.29, 1.82) is 0 Å². The predicted octanol–water partition coefficient (Wildman–Crippen LogP) is 1.86. The number of benzene rings is 1. The van der Waals surface area contributed by atoms with E-state index < -0.39 is 24.1 Å². The number of methoxy groups -OCH3 is 1. The Kier molecular flexibility index (Phi) is 4.22. The monoisotopic (exact) mass is 291 g/mol. The molecule has 2 amide bonds. The lowest BCUT2D eigenvalue weighted by Gasteiger charge is -2.10. The number of nitrogens with one attached hydrogen (secondary N) is 1. The average Bonchev–Trinajstić information content (AvgIpc) is 2.90. The summed E-state index contributed by atoms with van der Waals surface area (Å²) in [5.74, 6) is -1.60. The first-order chi connectivity index (χ1) is 10.0. The third kappa shape index (κ3) is 3.38. The van der Waals surface area contributed by atoms with Crippen LogP contribution in [-0.4, -0.2) is 31.2 Å². The second-order valence-electron chi connectivity index (χ2n) is 4.18. The molecule has 0 saturated carbocycles. The van der Waals surface area contributed by atoms with Gasteiger partial charge in [0, 0.05) is 5.39 Å². The van der Waals surface area contributed by atoms with Crippen LogP contribution in [0.25, 0.3) is 11.0 Å². The van der Waals surface area contributed by atoms with Gasteiger partial charge in [0.1, 0.15) is 5.58 Å². The Morgan fingerprint density at radius 1 is 1.24 bits per heavy atom. The normalized spacial score (nSPS) is 11.7. The SMILES string of the molecule is COC(=O)NC(=O)[C@@H](C)OC(=O)c1cc2ccccc2o1. The molecule has 1 aromatic carbocycles. The molecular weight excluding hydrogens is 278 g/mol. The number of fused-ring (bicyclic) bond motifs is 1. The maximum atomic E-state index is 11.9. The van der Waals surface area contributed by atoms with E-state index in [-0.39, 0.29) is 5.76 Å². The molecule has 1 heterocycles. The van der Waals surface area contributed by atoms with Gasteiger partial charge >= 0.3 is 12.1 Å². The van der Waals surface area contributed by atoms with Crippen LogP contribution in [0.1, 0.15) is 17.5 Å². The van der Waals surface area contributed by atoms with Crippen LogP contribution in [-0.2, 0) is 14.3 Å². The van der Waals surface area contributed by atoms with E-state index in [0.717, 1.165) is 12.5 Å². The number of carbonyl (C=O) groups excluding carboxylic acids is 3. The van der Waals surface area contributed by atoms with Crippen LogP contribution in [0.3, 0.4) is 0 Å². The first kappa shape index (κ1) is 14.6. The second kappa shape index (κ2) is 6.08. The van der Waals surface area contributed by atoms with E-state index in [1.807, 2.05) is 5.32 Å². The minimum atomic E-state index is -1.16. The number of imide groups is 1. The van der Waals surface area contributed by atoms with Crippen LogP contribution in [0.15, 0.2) is 34.7 Å². The van der Waals surface area contributed by atoms with Crippen LogP contribution < -0.4 is 5.32 Å². The lowest BCUT2D eigenvalue weighted by Crippen LogP contribution is -2.39. The fraction of sp³-hybridized carbons (Fsp3) is 0.214. The molecule has 1 N–H and O–H groups in total. The molecule has 1 atom stereocenters. The Morgan fingerprint density at radius 3 is 2.62 bits per heavy atom. The smallest absolute Gasteiger partial charge is 0.413 e. The molecule has 0 unspecified atom stereocenters. The van der Waals surface area contributed by atoms with Crippen LogP contribution >= 0.6 is 0 Å². The third-order valence-electron chi connectivity index (χ3n) is 2.69. The van der Waals surface area contributed by atoms with Gasteiger partial charge in [-0.25, -0.2) is 9.59 Å². The van der Waals surface area contributed by atoms with Gasteiger partial charge in [-0.1, -0.05) is 18.2 Å². The van der Waals surface area contributed by atoms with Gasteiger partial charge in [0.15, 0.2) is 6.10 Å². The number of hydrogen-bond acceptors (Lipinski definition) is 6. The maximum Gasteiger partial charge on any atom is 0.413 e. The van der Waals surface area contributed by atoms with Crippen molar-refractivity contribution < 1.29 is 28.3 Å². The molecular formula is C14H13NO6. The number of para-hydroxylation sites is 1. The molecule has 0 bridgehead atoms. The highest BCUT2D eigenvalue weighted by atomic mass is 16.6. The molecule has 110 valence electrons. The molecule has 2 aromatic rings. The van der Waals surface area contributed by atoms with E-state index >= 15 is 0 Å². The molecule has 0 saturated heterocycles. The summed E-state index contributed by atoms with van der Waals surface area (Å²) in [4.78, 5) is 34.3. The third-order valence-corrected chi connectivity index (χ3v) is 2.69. The van der Waals surface area contributed by atoms with E-state index in [2.05, 4.69) is 4.74 Å². The zero-order valence-electron chi connectivity index (χ0n) is 11.4. The van der Waals surface area contributed by atoms with E-state index in [0.29, 0.717) is 5.58 Å². The number of hydrogen-bond donors (Lipinski definition) is 1. The van der Waals surface area contributed by atoms with Crippen molar-refractivity contribution in [3.63, 3.8) is 0 Å². The Bertz CT molecular complexity index is 657. The fourth-order valence-corrected chi connectivity index (χ4v) is 1.61. The van der Waals surface area contributed by atoms with Crippen molar-refractivity contribution in [2.75, 3.05) is 7.11 Å². The Balaban J connectivity index is 2.03. The molecule has 21 heavy (non-hydrogen) atoms. The quantitative estimate of drug-likeness (QED) is 0.867. The first-order valence-electron chi connectivity index (χ1n) is 6.09. The summed E-state index contributed by atoms with van der Waals surface area (Å²) in [6.07, 6.45) is -2.09. The topological polar surface area (TPSA) is 94.8 Å². The number of furan rings is 1. The van der Waals surface area contributed by atoms with Crippen molar-refractivity contribution in [2.24, 2.45) is 0 Å². The highest BCUT2D eigenvalue weighted by molar-refractivity contribution is 5.97. The van der Waals surface area contributed by atoms with Gasteiger partial charge in [-0.2, -0.15) is 0 Å². The summed E-state index contributed by atoms with van der Waals surface area (Å²) in [6, 6.07) is 8.58. The molecule has 0 aliphatic rings. The fourth-order valence-electron chi connectivity index (χ4n) is 1.61. The van der Waals surface area contributed by atoms with Gasteiger partial charge in [-0.3, -0.25) is 10.1 Å². The second-order valence-corrected chi connectivity index (χ2v) is 4.18. The van der Waals surface area contributed by atoms with Crippen LogP contribution in [0.5, 0.6) is 0 Å². The van der Waals surface area contributed by atoms with E-state index in [4.69, 9.17) is 9.15 Å². The maximum absolute atomic E-state index is 11.9. The Morgan fingerprint density at radius 2 is 1.95 bits per heavy atom. The van der Waals surface area contributed by atoms with Gasteiger partial charge < -0.3 is 13.9 Å². The highest BCUT2D eigenvalue weighted by Crippen LogP contribution is 2.19. The minimum absolute atomic E-state index is 0.0195. The van der Waals surface area contributed by atoms with Gasteiger partial charge in [0.05, 0.1) is 7.11 Å². The summed E-state index contributed by atoms with van der Waals surface area (Å²) in [5.41, 5.74) is 0.538. The molecule has 0 aliphatic heterocycles. The van der Waals surface area contributed by atoms with Crippen LogP contribution in [0.2, 0.25) is 0 Å².